The monoisotopic (exact) mass is 191 g/mol. The molecule has 4 nitrogen and oxygen atoms in total. The molecule has 0 atom stereocenters. The summed E-state index contributed by atoms with van der Waals surface area (Å²) >= 11 is 3.09. The molecule has 0 aliphatic rings. The van der Waals surface area contributed by atoms with E-state index in [1.165, 1.54) is 5.40 Å². The first-order chi connectivity index (χ1) is 4.24. The van der Waals surface area contributed by atoms with E-state index in [4.69, 9.17) is 15.5 Å². The topological polar surface area (TPSA) is 94.2 Å². The average molecular weight is 191 g/mol. The van der Waals surface area contributed by atoms with Gasteiger partial charge in [-0.15, -0.1) is 0 Å². The first-order valence-electron chi connectivity index (χ1n) is 2.49. The molecule has 0 aromatic rings. The van der Waals surface area contributed by atoms with Crippen molar-refractivity contribution in [2.75, 3.05) is 13.2 Å². The van der Waals surface area contributed by atoms with Crippen LogP contribution in [0.3, 0.4) is 0 Å². The van der Waals surface area contributed by atoms with E-state index in [0.717, 1.165) is 0 Å². The summed E-state index contributed by atoms with van der Waals surface area (Å²) in [5, 5.41) is 23.8. The van der Waals surface area contributed by atoms with Crippen LogP contribution < -0.4 is 29.6 Å². The van der Waals surface area contributed by atoms with Gasteiger partial charge in [0.2, 0.25) is 0 Å². The van der Waals surface area contributed by atoms with Crippen molar-refractivity contribution in [3.05, 3.63) is 0 Å². The van der Waals surface area contributed by atoms with Gasteiger partial charge in [-0.1, -0.05) is 12.6 Å². The first-order valence-corrected chi connectivity index (χ1v) is 2.94. The van der Waals surface area contributed by atoms with Crippen molar-refractivity contribution in [3.63, 3.8) is 0 Å². The largest absolute Gasteiger partial charge is 1.00 e. The van der Waals surface area contributed by atoms with E-state index in [0.29, 0.717) is 0 Å². The van der Waals surface area contributed by atoms with Crippen molar-refractivity contribution in [2.45, 2.75) is 13.8 Å². The normalized spacial score (nSPS) is 4.00. The minimum atomic E-state index is 0. The number of nitriles is 1. The zero-order valence-electron chi connectivity index (χ0n) is 7.15. The average Bonchev–Trinajstić information content (AvgIpc) is 1.70. The zero-order chi connectivity index (χ0) is 8.12. The summed E-state index contributed by atoms with van der Waals surface area (Å²) in [5.74, 6) is 0. The third kappa shape index (κ3) is 1570. The molecule has 0 saturated heterocycles. The van der Waals surface area contributed by atoms with Gasteiger partial charge in [-0.05, 0) is 13.8 Å². The van der Waals surface area contributed by atoms with Crippen LogP contribution in [0.25, 0.3) is 0 Å². The van der Waals surface area contributed by atoms with Crippen LogP contribution >= 0.6 is 12.6 Å². The summed E-state index contributed by atoms with van der Waals surface area (Å²) in [7, 11) is 0. The van der Waals surface area contributed by atoms with Gasteiger partial charge < -0.3 is 15.7 Å². The second kappa shape index (κ2) is 73.2. The molecule has 0 aromatic heterocycles. The Bertz CT molecular complexity index is 58.2. The molecule has 0 radical (unpaired) electrons. The number of aliphatic hydroxyl groups is 2. The van der Waals surface area contributed by atoms with Crippen molar-refractivity contribution in [3.8, 4) is 5.40 Å². The van der Waals surface area contributed by atoms with Crippen LogP contribution in [0.1, 0.15) is 13.8 Å². The zero-order valence-corrected chi connectivity index (χ0v) is 10.0. The Morgan fingerprint density at radius 1 is 1.27 bits per heavy atom. The predicted molar refractivity (Wildman–Crippen MR) is 42.1 cm³/mol. The standard InChI is InChI=1S/2C2H6O.CHNS.Na.H2O/c2*1-2-3;2-1-3;;/h2*3H,2H2,1H3;3H;;1H2/q;;;+1;/p-1. The smallest absolute Gasteiger partial charge is 0.870 e. The Kier molecular flexibility index (Phi) is 198. The molecule has 0 fully saturated rings. The number of aliphatic hydroxyl groups excluding tert-OH is 2. The van der Waals surface area contributed by atoms with Crippen molar-refractivity contribution >= 4 is 12.6 Å². The fourth-order valence-corrected chi connectivity index (χ4v) is 0. The molecule has 0 amide bonds. The number of nitrogens with zero attached hydrogens (tertiary/aromatic N) is 1. The molecule has 3 N–H and O–H groups in total. The van der Waals surface area contributed by atoms with Crippen molar-refractivity contribution in [1.29, 1.82) is 5.26 Å². The molecule has 0 aliphatic carbocycles. The van der Waals surface area contributed by atoms with Crippen molar-refractivity contribution in [1.82, 2.24) is 0 Å². The fourth-order valence-electron chi connectivity index (χ4n) is 0. The van der Waals surface area contributed by atoms with Gasteiger partial charge in [0.15, 0.2) is 0 Å². The summed E-state index contributed by atoms with van der Waals surface area (Å²) in [6, 6.07) is 0. The van der Waals surface area contributed by atoms with Gasteiger partial charge in [0, 0.05) is 13.2 Å². The minimum Gasteiger partial charge on any atom is -0.870 e. The molecule has 6 heteroatoms. The van der Waals surface area contributed by atoms with Gasteiger partial charge in [0.25, 0.3) is 0 Å². The summed E-state index contributed by atoms with van der Waals surface area (Å²) in [5.41, 5.74) is 0. The van der Waals surface area contributed by atoms with E-state index < -0.39 is 0 Å². The molecule has 0 unspecified atom stereocenters. The molecular formula is C5H14NNaO3S. The SMILES string of the molecule is CCO.CCO.N#CS.[Na+].[OH-]. The summed E-state index contributed by atoms with van der Waals surface area (Å²) in [4.78, 5) is 0. The molecule has 0 heterocycles. The maximum atomic E-state index is 7.57. The Hall–Kier alpha value is 0.720. The third-order valence-electron chi connectivity index (χ3n) is 0. The van der Waals surface area contributed by atoms with E-state index in [-0.39, 0.29) is 48.2 Å². The number of rotatable bonds is 0. The van der Waals surface area contributed by atoms with Gasteiger partial charge in [0.1, 0.15) is 5.40 Å². The van der Waals surface area contributed by atoms with Crippen LogP contribution in [0.15, 0.2) is 0 Å². The van der Waals surface area contributed by atoms with E-state index >= 15 is 0 Å². The van der Waals surface area contributed by atoms with Crippen LogP contribution in [0.2, 0.25) is 0 Å². The number of hydrogen-bond acceptors (Lipinski definition) is 5. The van der Waals surface area contributed by atoms with Crippen LogP contribution in [0, 0.1) is 10.7 Å². The molecule has 0 aliphatic heterocycles. The second-order valence-corrected chi connectivity index (χ2v) is 0.932. The third-order valence-corrected chi connectivity index (χ3v) is 0. The predicted octanol–water partition coefficient (Wildman–Crippen LogP) is -2.78. The van der Waals surface area contributed by atoms with E-state index in [9.17, 15) is 0 Å². The maximum absolute atomic E-state index is 7.57. The molecule has 0 bridgehead atoms. The van der Waals surface area contributed by atoms with E-state index in [2.05, 4.69) is 12.6 Å². The van der Waals surface area contributed by atoms with Crippen molar-refractivity contribution in [2.24, 2.45) is 0 Å². The van der Waals surface area contributed by atoms with Gasteiger partial charge in [-0.3, -0.25) is 0 Å². The first kappa shape index (κ1) is 29.8. The maximum Gasteiger partial charge on any atom is 1.00 e. The molecule has 64 valence electrons. The summed E-state index contributed by atoms with van der Waals surface area (Å²) < 4.78 is 0. The fraction of sp³-hybridized carbons (Fsp3) is 0.800. The molecule has 0 saturated carbocycles. The Morgan fingerprint density at radius 3 is 1.27 bits per heavy atom. The van der Waals surface area contributed by atoms with Crippen LogP contribution in [-0.4, -0.2) is 28.9 Å². The summed E-state index contributed by atoms with van der Waals surface area (Å²) in [6.07, 6.45) is 0. The second-order valence-electron chi connectivity index (χ2n) is 0.732. The Morgan fingerprint density at radius 2 is 1.27 bits per heavy atom. The van der Waals surface area contributed by atoms with Crippen LogP contribution in [-0.2, 0) is 0 Å². The molecular weight excluding hydrogens is 177 g/mol. The van der Waals surface area contributed by atoms with Gasteiger partial charge in [0.05, 0.1) is 0 Å². The van der Waals surface area contributed by atoms with Crippen LogP contribution in [0.5, 0.6) is 0 Å². The molecule has 0 spiro atoms. The number of thiocyanates is 1. The number of hydrogen-bond donors (Lipinski definition) is 3. The molecule has 0 aromatic carbocycles. The molecule has 0 rings (SSSR count). The molecule has 11 heavy (non-hydrogen) atoms. The minimum absolute atomic E-state index is 0. The van der Waals surface area contributed by atoms with Crippen LogP contribution in [0.4, 0.5) is 0 Å². The summed E-state index contributed by atoms with van der Waals surface area (Å²) in [6.45, 7) is 3.86. The van der Waals surface area contributed by atoms with E-state index in [1.54, 1.807) is 13.8 Å². The van der Waals surface area contributed by atoms with Gasteiger partial charge in [-0.25, -0.2) is 0 Å². The van der Waals surface area contributed by atoms with Crippen molar-refractivity contribution < 1.29 is 45.2 Å². The van der Waals surface area contributed by atoms with E-state index in [1.807, 2.05) is 0 Å². The van der Waals surface area contributed by atoms with Gasteiger partial charge in [-0.2, -0.15) is 5.26 Å². The van der Waals surface area contributed by atoms with Gasteiger partial charge >= 0.3 is 29.6 Å². The number of thiol groups is 1. The Labute approximate surface area is 95.2 Å². The Balaban J connectivity index is -0.0000000150. The quantitative estimate of drug-likeness (QED) is 0.219.